The van der Waals surface area contributed by atoms with E-state index in [0.717, 1.165) is 22.0 Å². The van der Waals surface area contributed by atoms with E-state index in [1.54, 1.807) is 41.1 Å². The average Bonchev–Trinajstić information content (AvgIpc) is 3.33. The third kappa shape index (κ3) is 4.24. The van der Waals surface area contributed by atoms with Crippen molar-refractivity contribution in [2.45, 2.75) is 25.9 Å². The van der Waals surface area contributed by atoms with Crippen molar-refractivity contribution in [1.29, 1.82) is 0 Å². The van der Waals surface area contributed by atoms with E-state index in [2.05, 4.69) is 25.6 Å². The summed E-state index contributed by atoms with van der Waals surface area (Å²) in [6, 6.07) is 11.2. The van der Waals surface area contributed by atoms with Crippen LogP contribution < -0.4 is 20.3 Å². The smallest absolute Gasteiger partial charge is 0.226 e. The Hall–Kier alpha value is -4.80. The topological polar surface area (TPSA) is 122 Å². The van der Waals surface area contributed by atoms with Gasteiger partial charge in [-0.15, -0.1) is 5.10 Å². The Morgan fingerprint density at radius 1 is 1.08 bits per heavy atom. The number of carbonyl (C=O) groups excluding carboxylic acids is 1. The number of anilines is 4. The van der Waals surface area contributed by atoms with Gasteiger partial charge in [-0.05, 0) is 37.6 Å². The van der Waals surface area contributed by atoms with Crippen LogP contribution in [-0.4, -0.2) is 55.7 Å². The first-order valence-electron chi connectivity index (χ1n) is 12.0. The Morgan fingerprint density at radius 2 is 1.97 bits per heavy atom. The molecule has 0 spiro atoms. The number of nitrogens with zero attached hydrogens (tertiary/aromatic N) is 7. The third-order valence-corrected chi connectivity index (χ3v) is 6.39. The summed E-state index contributed by atoms with van der Waals surface area (Å²) < 4.78 is 7.69. The minimum absolute atomic E-state index is 0.0212. The Labute approximate surface area is 212 Å². The van der Waals surface area contributed by atoms with Crippen LogP contribution in [0.2, 0.25) is 0 Å². The van der Waals surface area contributed by atoms with Crippen molar-refractivity contribution in [2.75, 3.05) is 29.6 Å². The molecule has 1 amide bonds. The predicted octanol–water partition coefficient (Wildman–Crippen LogP) is 4.04. The largest absolute Gasteiger partial charge is 0.475 e. The first-order chi connectivity index (χ1) is 18.0. The van der Waals surface area contributed by atoms with E-state index in [9.17, 15) is 4.79 Å². The highest BCUT2D eigenvalue weighted by Gasteiger charge is 2.18. The Kier molecular flexibility index (Phi) is 5.52. The number of amides is 1. The van der Waals surface area contributed by atoms with Crippen molar-refractivity contribution in [3.63, 3.8) is 0 Å². The molecule has 7 bridgehead atoms. The van der Waals surface area contributed by atoms with Crippen molar-refractivity contribution < 1.29 is 9.53 Å². The van der Waals surface area contributed by atoms with Gasteiger partial charge in [-0.2, -0.15) is 4.98 Å². The van der Waals surface area contributed by atoms with Crippen LogP contribution in [0.15, 0.2) is 55.0 Å². The number of ether oxygens (including phenoxy) is 1. The summed E-state index contributed by atoms with van der Waals surface area (Å²) in [6.07, 6.45) is 6.00. The quantitative estimate of drug-likeness (QED) is 0.355. The van der Waals surface area contributed by atoms with E-state index in [-0.39, 0.29) is 12.0 Å². The second-order valence-electron chi connectivity index (χ2n) is 8.92. The highest BCUT2D eigenvalue weighted by molar-refractivity contribution is 6.01. The van der Waals surface area contributed by atoms with Gasteiger partial charge in [0, 0.05) is 55.3 Å². The Morgan fingerprint density at radius 3 is 2.84 bits per heavy atom. The van der Waals surface area contributed by atoms with Gasteiger partial charge in [0.1, 0.15) is 17.5 Å². The van der Waals surface area contributed by atoms with Gasteiger partial charge in [-0.25, -0.2) is 19.5 Å². The number of pyridine rings is 4. The SMILES string of the molecule is CNc1ncc2c3cc(ncc13)Nc1cccc(n1)OC(C)CCC(=O)N(C)c1ccc3nc-2nn3c1. The number of rotatable bonds is 1. The zero-order valence-electron chi connectivity index (χ0n) is 20.6. The summed E-state index contributed by atoms with van der Waals surface area (Å²) in [6.45, 7) is 1.93. The minimum atomic E-state index is -0.198. The minimum Gasteiger partial charge on any atom is -0.475 e. The molecule has 1 unspecified atom stereocenters. The second kappa shape index (κ2) is 9.01. The van der Waals surface area contributed by atoms with E-state index < -0.39 is 0 Å². The molecular weight excluding hydrogens is 470 g/mol. The van der Waals surface area contributed by atoms with Crippen LogP contribution in [0.4, 0.5) is 23.1 Å². The van der Waals surface area contributed by atoms with Crippen LogP contribution in [0.3, 0.4) is 0 Å². The number of hydrogen-bond acceptors (Lipinski definition) is 9. The van der Waals surface area contributed by atoms with Gasteiger partial charge in [-0.1, -0.05) is 6.07 Å². The molecule has 6 rings (SSSR count). The van der Waals surface area contributed by atoms with E-state index in [4.69, 9.17) is 14.8 Å². The van der Waals surface area contributed by atoms with Crippen LogP contribution in [-0.2, 0) is 4.79 Å². The van der Waals surface area contributed by atoms with Crippen molar-refractivity contribution in [1.82, 2.24) is 29.5 Å². The molecule has 11 heteroatoms. The van der Waals surface area contributed by atoms with E-state index in [1.165, 1.54) is 0 Å². The molecule has 2 N–H and O–H groups in total. The van der Waals surface area contributed by atoms with Crippen LogP contribution >= 0.6 is 0 Å². The molecule has 6 heterocycles. The molecule has 0 aliphatic carbocycles. The summed E-state index contributed by atoms with van der Waals surface area (Å²) in [5.74, 6) is 2.86. The van der Waals surface area contributed by atoms with Gasteiger partial charge < -0.3 is 20.3 Å². The lowest BCUT2D eigenvalue weighted by molar-refractivity contribution is -0.118. The number of nitrogens with one attached hydrogen (secondary N) is 2. The van der Waals surface area contributed by atoms with Crippen LogP contribution in [0.25, 0.3) is 27.8 Å². The number of hydrogen-bond donors (Lipinski definition) is 2. The molecule has 5 aromatic heterocycles. The van der Waals surface area contributed by atoms with E-state index >= 15 is 0 Å². The van der Waals surface area contributed by atoms with Gasteiger partial charge in [0.2, 0.25) is 11.8 Å². The highest BCUT2D eigenvalue weighted by atomic mass is 16.5. The number of carbonyl (C=O) groups is 1. The molecule has 0 aromatic carbocycles. The summed E-state index contributed by atoms with van der Waals surface area (Å²) in [5, 5.41) is 12.8. The standard InChI is InChI=1S/C26H25N9O2/c1-15-7-10-24(36)34(3)16-8-9-22-32-26(33-35(22)14-16)19-13-29-25(27-2)18-12-28-21(11-17(18)19)30-20-5-4-6-23(31-20)37-15/h4-6,8-9,11-15H,7,10H2,1-3H3,(H,27,29)(H,28,30,31). The molecule has 5 aromatic rings. The summed E-state index contributed by atoms with van der Waals surface area (Å²) in [5.41, 5.74) is 2.14. The molecule has 0 saturated carbocycles. The molecule has 11 nitrogen and oxygen atoms in total. The van der Waals surface area contributed by atoms with E-state index in [0.29, 0.717) is 47.6 Å². The summed E-state index contributed by atoms with van der Waals surface area (Å²) >= 11 is 0. The van der Waals surface area contributed by atoms with Crippen LogP contribution in [0, 0.1) is 0 Å². The summed E-state index contributed by atoms with van der Waals surface area (Å²) in [4.78, 5) is 33.0. The molecule has 1 aliphatic heterocycles. The maximum absolute atomic E-state index is 12.9. The van der Waals surface area contributed by atoms with Crippen LogP contribution in [0.5, 0.6) is 5.88 Å². The first kappa shape index (κ1) is 22.7. The monoisotopic (exact) mass is 495 g/mol. The van der Waals surface area contributed by atoms with Crippen molar-refractivity contribution in [3.8, 4) is 17.3 Å². The lowest BCUT2D eigenvalue weighted by atomic mass is 10.1. The predicted molar refractivity (Wildman–Crippen MR) is 141 cm³/mol. The Bertz CT molecular complexity index is 1650. The Balaban J connectivity index is 1.53. The second-order valence-corrected chi connectivity index (χ2v) is 8.92. The van der Waals surface area contributed by atoms with Crippen molar-refractivity contribution in [2.24, 2.45) is 0 Å². The van der Waals surface area contributed by atoms with Gasteiger partial charge in [0.25, 0.3) is 0 Å². The van der Waals surface area contributed by atoms with Crippen molar-refractivity contribution >= 4 is 45.5 Å². The molecule has 0 fully saturated rings. The zero-order valence-corrected chi connectivity index (χ0v) is 20.6. The lowest BCUT2D eigenvalue weighted by Gasteiger charge is -2.19. The summed E-state index contributed by atoms with van der Waals surface area (Å²) in [7, 11) is 3.58. The molecule has 37 heavy (non-hydrogen) atoms. The van der Waals surface area contributed by atoms with Gasteiger partial charge in [0.15, 0.2) is 11.5 Å². The molecule has 1 aliphatic rings. The van der Waals surface area contributed by atoms with Crippen LogP contribution in [0.1, 0.15) is 19.8 Å². The molecular formula is C26H25N9O2. The molecule has 186 valence electrons. The van der Waals surface area contributed by atoms with Gasteiger partial charge >= 0.3 is 0 Å². The highest BCUT2D eigenvalue weighted by Crippen LogP contribution is 2.32. The maximum atomic E-state index is 12.9. The normalized spacial score (nSPS) is 15.9. The number of fused-ring (bicyclic) bond motifs is 6. The van der Waals surface area contributed by atoms with Gasteiger partial charge in [-0.3, -0.25) is 4.79 Å². The third-order valence-electron chi connectivity index (χ3n) is 6.39. The molecule has 1 atom stereocenters. The first-order valence-corrected chi connectivity index (χ1v) is 12.0. The fourth-order valence-electron chi connectivity index (χ4n) is 4.35. The van der Waals surface area contributed by atoms with Crippen molar-refractivity contribution in [3.05, 3.63) is 55.0 Å². The zero-order chi connectivity index (χ0) is 25.5. The van der Waals surface area contributed by atoms with E-state index in [1.807, 2.05) is 44.3 Å². The molecule has 0 saturated heterocycles. The molecule has 0 radical (unpaired) electrons. The van der Waals surface area contributed by atoms with Gasteiger partial charge in [0.05, 0.1) is 18.0 Å². The lowest BCUT2D eigenvalue weighted by Crippen LogP contribution is -2.27. The number of aromatic nitrogens is 6. The average molecular weight is 496 g/mol. The fourth-order valence-corrected chi connectivity index (χ4v) is 4.35. The maximum Gasteiger partial charge on any atom is 0.226 e. The fraction of sp³-hybridized carbons (Fsp3) is 0.231.